The van der Waals surface area contributed by atoms with E-state index in [1.54, 1.807) is 0 Å². The highest BCUT2D eigenvalue weighted by atomic mass is 32.2. The minimum atomic E-state index is -4.09. The van der Waals surface area contributed by atoms with Gasteiger partial charge >= 0.3 is 5.97 Å². The molecule has 1 aromatic carbocycles. The van der Waals surface area contributed by atoms with Gasteiger partial charge in [-0.05, 0) is 24.6 Å². The number of carboxylic acid groups (broad SMARTS) is 1. The Morgan fingerprint density at radius 1 is 1.19 bits per heavy atom. The number of carbonyl (C=O) groups is 1. The van der Waals surface area contributed by atoms with E-state index in [1.807, 2.05) is 0 Å². The first-order valence-electron chi connectivity index (χ1n) is 6.04. The second kappa shape index (κ2) is 6.85. The van der Waals surface area contributed by atoms with Crippen LogP contribution in [-0.2, 0) is 10.0 Å². The van der Waals surface area contributed by atoms with Crippen molar-refractivity contribution < 1.29 is 33.6 Å². The van der Waals surface area contributed by atoms with E-state index in [2.05, 4.69) is 0 Å². The molecule has 9 heteroatoms. The van der Waals surface area contributed by atoms with Crippen LogP contribution in [0, 0.1) is 6.92 Å². The van der Waals surface area contributed by atoms with E-state index in [4.69, 9.17) is 15.3 Å². The number of rotatable bonds is 7. The summed E-state index contributed by atoms with van der Waals surface area (Å²) in [5.41, 5.74) is -0.370. The zero-order valence-electron chi connectivity index (χ0n) is 11.4. The van der Waals surface area contributed by atoms with Gasteiger partial charge in [-0.3, -0.25) is 0 Å². The molecule has 0 heterocycles. The highest BCUT2D eigenvalue weighted by molar-refractivity contribution is 7.89. The summed E-state index contributed by atoms with van der Waals surface area (Å²) in [6.45, 7) is 0.0653. The Bertz CT molecular complexity index is 621. The molecular weight excluding hydrogens is 302 g/mol. The van der Waals surface area contributed by atoms with Crippen LogP contribution in [0.1, 0.15) is 15.9 Å². The number of aliphatic hydroxyl groups excluding tert-OH is 2. The normalized spacial score (nSPS) is 11.8. The average molecular weight is 319 g/mol. The molecule has 0 atom stereocenters. The topological polar surface area (TPSA) is 135 Å². The number of phenols is 1. The van der Waals surface area contributed by atoms with E-state index < -0.39 is 40.5 Å². The van der Waals surface area contributed by atoms with Gasteiger partial charge in [-0.15, -0.1) is 0 Å². The molecule has 1 rings (SSSR count). The fourth-order valence-electron chi connectivity index (χ4n) is 1.84. The molecule has 1 aromatic rings. The Balaban J connectivity index is 3.42. The number of hydrogen-bond acceptors (Lipinski definition) is 6. The molecule has 118 valence electrons. The maximum Gasteiger partial charge on any atom is 0.339 e. The van der Waals surface area contributed by atoms with Crippen molar-refractivity contribution in [3.63, 3.8) is 0 Å². The lowest BCUT2D eigenvalue weighted by Crippen LogP contribution is -2.36. The molecular formula is C12H17NO7S. The van der Waals surface area contributed by atoms with Crippen molar-refractivity contribution in [3.05, 3.63) is 23.3 Å². The number of aliphatic hydroxyl groups is 2. The highest BCUT2D eigenvalue weighted by Gasteiger charge is 2.27. The highest BCUT2D eigenvalue weighted by Crippen LogP contribution is 2.27. The molecule has 0 saturated heterocycles. The molecule has 0 aromatic heterocycles. The van der Waals surface area contributed by atoms with Crippen molar-refractivity contribution in [1.82, 2.24) is 4.31 Å². The number of sulfonamides is 1. The van der Waals surface area contributed by atoms with E-state index in [9.17, 15) is 18.3 Å². The second-order valence-corrected chi connectivity index (χ2v) is 6.20. The van der Waals surface area contributed by atoms with Gasteiger partial charge in [0, 0.05) is 13.1 Å². The molecule has 0 aliphatic carbocycles. The fraction of sp³-hybridized carbons (Fsp3) is 0.417. The van der Waals surface area contributed by atoms with E-state index in [0.717, 1.165) is 16.4 Å². The van der Waals surface area contributed by atoms with Gasteiger partial charge in [0.25, 0.3) is 0 Å². The fourth-order valence-corrected chi connectivity index (χ4v) is 3.49. The molecule has 0 unspecified atom stereocenters. The van der Waals surface area contributed by atoms with Crippen LogP contribution in [0.5, 0.6) is 5.75 Å². The van der Waals surface area contributed by atoms with Gasteiger partial charge < -0.3 is 20.4 Å². The van der Waals surface area contributed by atoms with Gasteiger partial charge in [0.05, 0.1) is 18.1 Å². The summed E-state index contributed by atoms with van der Waals surface area (Å²) in [5.74, 6) is -1.99. The van der Waals surface area contributed by atoms with Gasteiger partial charge in [-0.25, -0.2) is 13.2 Å². The third kappa shape index (κ3) is 3.70. The maximum absolute atomic E-state index is 12.4. The molecule has 0 fully saturated rings. The van der Waals surface area contributed by atoms with Crippen LogP contribution in [0.3, 0.4) is 0 Å². The summed E-state index contributed by atoms with van der Waals surface area (Å²) in [7, 11) is -4.09. The zero-order chi connectivity index (χ0) is 16.2. The summed E-state index contributed by atoms with van der Waals surface area (Å²) in [4.78, 5) is 10.7. The van der Waals surface area contributed by atoms with Gasteiger partial charge in [0.2, 0.25) is 10.0 Å². The van der Waals surface area contributed by atoms with E-state index in [1.165, 1.54) is 6.92 Å². The van der Waals surface area contributed by atoms with E-state index >= 15 is 0 Å². The summed E-state index contributed by atoms with van der Waals surface area (Å²) < 4.78 is 25.7. The smallest absolute Gasteiger partial charge is 0.339 e. The lowest BCUT2D eigenvalue weighted by molar-refractivity contribution is 0.0693. The van der Waals surface area contributed by atoms with Gasteiger partial charge in [-0.2, -0.15) is 4.31 Å². The first kappa shape index (κ1) is 17.4. The van der Waals surface area contributed by atoms with Gasteiger partial charge in [0.1, 0.15) is 11.3 Å². The van der Waals surface area contributed by atoms with Crippen molar-refractivity contribution in [2.75, 3.05) is 26.3 Å². The van der Waals surface area contributed by atoms with Crippen LogP contribution in [0.2, 0.25) is 0 Å². The van der Waals surface area contributed by atoms with Crippen LogP contribution < -0.4 is 0 Å². The van der Waals surface area contributed by atoms with Crippen LogP contribution >= 0.6 is 0 Å². The van der Waals surface area contributed by atoms with Crippen molar-refractivity contribution in [2.45, 2.75) is 11.8 Å². The molecule has 0 spiro atoms. The van der Waals surface area contributed by atoms with Crippen molar-refractivity contribution in [3.8, 4) is 5.75 Å². The third-order valence-electron chi connectivity index (χ3n) is 2.84. The number of carboxylic acids is 1. The van der Waals surface area contributed by atoms with Crippen molar-refractivity contribution in [2.24, 2.45) is 0 Å². The molecule has 8 nitrogen and oxygen atoms in total. The maximum atomic E-state index is 12.4. The largest absolute Gasteiger partial charge is 0.507 e. The van der Waals surface area contributed by atoms with Crippen LogP contribution in [0.25, 0.3) is 0 Å². The quantitative estimate of drug-likeness (QED) is 0.525. The molecule has 0 radical (unpaired) electrons. The predicted molar refractivity (Wildman–Crippen MR) is 72.7 cm³/mol. The summed E-state index contributed by atoms with van der Waals surface area (Å²) in [6, 6.07) is 1.91. The standard InChI is InChI=1S/C12H17NO7S/c1-8-6-10(16)9(12(17)18)7-11(8)21(19,20)13(2-4-14)3-5-15/h6-7,14-16H,2-5H2,1H3,(H,17,18). The average Bonchev–Trinajstić information content (AvgIpc) is 2.37. The monoisotopic (exact) mass is 319 g/mol. The Morgan fingerprint density at radius 3 is 2.14 bits per heavy atom. The van der Waals surface area contributed by atoms with Crippen molar-refractivity contribution in [1.29, 1.82) is 0 Å². The summed E-state index contributed by atoms with van der Waals surface area (Å²) >= 11 is 0. The summed E-state index contributed by atoms with van der Waals surface area (Å²) in [5, 5.41) is 36.3. The minimum Gasteiger partial charge on any atom is -0.507 e. The number of hydrogen-bond donors (Lipinski definition) is 4. The number of aromatic hydroxyl groups is 1. The van der Waals surface area contributed by atoms with Crippen LogP contribution in [-0.4, -0.2) is 65.4 Å². The molecule has 0 bridgehead atoms. The number of nitrogens with zero attached hydrogens (tertiary/aromatic N) is 1. The molecule has 0 aliphatic heterocycles. The van der Waals surface area contributed by atoms with Crippen LogP contribution in [0.4, 0.5) is 0 Å². The Labute approximate surface area is 121 Å². The molecule has 4 N–H and O–H groups in total. The third-order valence-corrected chi connectivity index (χ3v) is 4.88. The Kier molecular flexibility index (Phi) is 5.67. The molecule has 0 saturated carbocycles. The first-order chi connectivity index (χ1) is 9.75. The second-order valence-electron chi connectivity index (χ2n) is 4.29. The lowest BCUT2D eigenvalue weighted by atomic mass is 10.1. The Hall–Kier alpha value is -1.68. The number of benzene rings is 1. The number of aromatic carboxylic acids is 1. The predicted octanol–water partition coefficient (Wildman–Crippen LogP) is -0.626. The van der Waals surface area contributed by atoms with Gasteiger partial charge in [0.15, 0.2) is 0 Å². The Morgan fingerprint density at radius 2 is 1.71 bits per heavy atom. The SMILES string of the molecule is Cc1cc(O)c(C(=O)O)cc1S(=O)(=O)N(CCO)CCO. The van der Waals surface area contributed by atoms with E-state index in [0.29, 0.717) is 0 Å². The lowest BCUT2D eigenvalue weighted by Gasteiger charge is -2.21. The van der Waals surface area contributed by atoms with Gasteiger partial charge in [-0.1, -0.05) is 0 Å². The van der Waals surface area contributed by atoms with Crippen molar-refractivity contribution >= 4 is 16.0 Å². The molecule has 0 amide bonds. The molecule has 21 heavy (non-hydrogen) atoms. The van der Waals surface area contributed by atoms with Crippen LogP contribution in [0.15, 0.2) is 17.0 Å². The minimum absolute atomic E-state index is 0.165. The zero-order valence-corrected chi connectivity index (χ0v) is 12.2. The van der Waals surface area contributed by atoms with E-state index in [-0.39, 0.29) is 23.5 Å². The first-order valence-corrected chi connectivity index (χ1v) is 7.48. The number of aryl methyl sites for hydroxylation is 1. The molecule has 0 aliphatic rings. The summed E-state index contributed by atoms with van der Waals surface area (Å²) in [6.07, 6.45) is 0.